The molecule has 1 aromatic rings. The molecule has 1 heterocycles. The van der Waals surface area contributed by atoms with Crippen LogP contribution in [-0.2, 0) is 26.0 Å². The van der Waals surface area contributed by atoms with Gasteiger partial charge in [-0.3, -0.25) is 4.79 Å². The Morgan fingerprint density at radius 3 is 2.43 bits per heavy atom. The SMILES string of the molecule is COC(=O)CS(=O)(=O)N1CCC(Cc2ccccc2)CC1. The Balaban J connectivity index is 1.87. The largest absolute Gasteiger partial charge is 0.468 e. The van der Waals surface area contributed by atoms with Crippen LogP contribution in [0.15, 0.2) is 30.3 Å². The van der Waals surface area contributed by atoms with Crippen molar-refractivity contribution in [3.8, 4) is 0 Å². The van der Waals surface area contributed by atoms with Crippen molar-refractivity contribution in [1.29, 1.82) is 0 Å². The molecule has 21 heavy (non-hydrogen) atoms. The number of piperidine rings is 1. The molecule has 1 aliphatic heterocycles. The van der Waals surface area contributed by atoms with E-state index in [2.05, 4.69) is 16.9 Å². The molecule has 0 amide bonds. The first-order valence-corrected chi connectivity index (χ1v) is 8.71. The number of ether oxygens (including phenoxy) is 1. The Bertz CT molecular complexity index is 563. The molecule has 5 nitrogen and oxygen atoms in total. The van der Waals surface area contributed by atoms with Gasteiger partial charge in [-0.15, -0.1) is 0 Å². The zero-order chi connectivity index (χ0) is 15.3. The van der Waals surface area contributed by atoms with Gasteiger partial charge >= 0.3 is 5.97 Å². The van der Waals surface area contributed by atoms with Crippen LogP contribution in [0.3, 0.4) is 0 Å². The molecular formula is C15H21NO4S. The van der Waals surface area contributed by atoms with Crippen LogP contribution in [0.25, 0.3) is 0 Å². The van der Waals surface area contributed by atoms with Gasteiger partial charge in [0, 0.05) is 13.1 Å². The quantitative estimate of drug-likeness (QED) is 0.772. The third-order valence-corrected chi connectivity index (χ3v) is 5.61. The summed E-state index contributed by atoms with van der Waals surface area (Å²) in [6.07, 6.45) is 2.64. The molecule has 1 aromatic carbocycles. The van der Waals surface area contributed by atoms with Crippen LogP contribution in [0, 0.1) is 5.92 Å². The van der Waals surface area contributed by atoms with Crippen molar-refractivity contribution in [2.24, 2.45) is 5.92 Å². The molecule has 1 saturated heterocycles. The van der Waals surface area contributed by atoms with E-state index in [-0.39, 0.29) is 0 Å². The number of benzene rings is 1. The van der Waals surface area contributed by atoms with E-state index in [9.17, 15) is 13.2 Å². The van der Waals surface area contributed by atoms with Crippen molar-refractivity contribution < 1.29 is 17.9 Å². The number of hydrogen-bond donors (Lipinski definition) is 0. The van der Waals surface area contributed by atoms with Gasteiger partial charge in [-0.25, -0.2) is 12.7 Å². The Kier molecular flexibility index (Phi) is 5.36. The van der Waals surface area contributed by atoms with E-state index in [4.69, 9.17) is 0 Å². The molecule has 0 atom stereocenters. The van der Waals surface area contributed by atoms with Gasteiger partial charge < -0.3 is 4.74 Å². The highest BCUT2D eigenvalue weighted by Gasteiger charge is 2.30. The lowest BCUT2D eigenvalue weighted by molar-refractivity contribution is -0.137. The van der Waals surface area contributed by atoms with E-state index < -0.39 is 21.7 Å². The first kappa shape index (κ1) is 16.0. The summed E-state index contributed by atoms with van der Waals surface area (Å²) in [6, 6.07) is 10.2. The molecule has 0 saturated carbocycles. The third kappa shape index (κ3) is 4.54. The second-order valence-electron chi connectivity index (χ2n) is 5.36. The summed E-state index contributed by atoms with van der Waals surface area (Å²) in [6.45, 7) is 0.966. The number of carbonyl (C=O) groups excluding carboxylic acids is 1. The van der Waals surface area contributed by atoms with Crippen LogP contribution in [0.5, 0.6) is 0 Å². The van der Waals surface area contributed by atoms with Crippen molar-refractivity contribution in [1.82, 2.24) is 4.31 Å². The van der Waals surface area contributed by atoms with E-state index in [1.54, 1.807) is 0 Å². The van der Waals surface area contributed by atoms with E-state index in [0.717, 1.165) is 19.3 Å². The summed E-state index contributed by atoms with van der Waals surface area (Å²) in [5, 5.41) is 0. The molecule has 0 unspecified atom stereocenters. The molecule has 2 rings (SSSR count). The Morgan fingerprint density at radius 1 is 1.24 bits per heavy atom. The molecule has 116 valence electrons. The highest BCUT2D eigenvalue weighted by molar-refractivity contribution is 7.89. The minimum absolute atomic E-state index is 0.483. The Labute approximate surface area is 126 Å². The number of hydrogen-bond acceptors (Lipinski definition) is 4. The van der Waals surface area contributed by atoms with E-state index in [1.165, 1.54) is 17.0 Å². The molecule has 6 heteroatoms. The van der Waals surface area contributed by atoms with E-state index in [1.807, 2.05) is 18.2 Å². The molecule has 0 spiro atoms. The maximum atomic E-state index is 12.0. The van der Waals surface area contributed by atoms with Gasteiger partial charge in [0.15, 0.2) is 5.75 Å². The predicted octanol–water partition coefficient (Wildman–Crippen LogP) is 1.44. The molecule has 0 radical (unpaired) electrons. The van der Waals surface area contributed by atoms with Gasteiger partial charge in [-0.05, 0) is 30.7 Å². The number of carbonyl (C=O) groups is 1. The number of methoxy groups -OCH3 is 1. The summed E-state index contributed by atoms with van der Waals surface area (Å²) in [4.78, 5) is 11.1. The van der Waals surface area contributed by atoms with Gasteiger partial charge in [0.05, 0.1) is 7.11 Å². The van der Waals surface area contributed by atoms with Gasteiger partial charge in [0.1, 0.15) is 0 Å². The fourth-order valence-corrected chi connectivity index (χ4v) is 4.00. The minimum Gasteiger partial charge on any atom is -0.468 e. The second-order valence-corrected chi connectivity index (χ2v) is 7.33. The predicted molar refractivity (Wildman–Crippen MR) is 80.2 cm³/mol. The monoisotopic (exact) mass is 311 g/mol. The smallest absolute Gasteiger partial charge is 0.322 e. The zero-order valence-corrected chi connectivity index (χ0v) is 13.0. The minimum atomic E-state index is -3.53. The fraction of sp³-hybridized carbons (Fsp3) is 0.533. The number of esters is 1. The summed E-state index contributed by atoms with van der Waals surface area (Å²) in [7, 11) is -2.33. The maximum Gasteiger partial charge on any atom is 0.322 e. The first-order chi connectivity index (χ1) is 10.0. The van der Waals surface area contributed by atoms with E-state index in [0.29, 0.717) is 19.0 Å². The average molecular weight is 311 g/mol. The molecule has 0 bridgehead atoms. The summed E-state index contributed by atoms with van der Waals surface area (Å²) >= 11 is 0. The molecule has 0 aromatic heterocycles. The van der Waals surface area contributed by atoms with Crippen LogP contribution in [-0.4, -0.2) is 44.6 Å². The van der Waals surface area contributed by atoms with Gasteiger partial charge in [-0.1, -0.05) is 30.3 Å². The summed E-state index contributed by atoms with van der Waals surface area (Å²) < 4.78 is 29.9. The van der Waals surface area contributed by atoms with Gasteiger partial charge in [-0.2, -0.15) is 0 Å². The van der Waals surface area contributed by atoms with Crippen molar-refractivity contribution in [3.63, 3.8) is 0 Å². The lowest BCUT2D eigenvalue weighted by atomic mass is 9.91. The van der Waals surface area contributed by atoms with Crippen molar-refractivity contribution in [3.05, 3.63) is 35.9 Å². The Morgan fingerprint density at radius 2 is 1.86 bits per heavy atom. The van der Waals surface area contributed by atoms with Crippen molar-refractivity contribution in [2.75, 3.05) is 26.0 Å². The molecule has 0 aliphatic carbocycles. The molecule has 0 N–H and O–H groups in total. The van der Waals surface area contributed by atoms with Crippen molar-refractivity contribution in [2.45, 2.75) is 19.3 Å². The number of sulfonamides is 1. The Hall–Kier alpha value is -1.40. The van der Waals surface area contributed by atoms with Gasteiger partial charge in [0.2, 0.25) is 10.0 Å². The highest BCUT2D eigenvalue weighted by Crippen LogP contribution is 2.23. The lowest BCUT2D eigenvalue weighted by Gasteiger charge is -2.31. The van der Waals surface area contributed by atoms with Crippen molar-refractivity contribution >= 4 is 16.0 Å². The normalized spacial score (nSPS) is 17.6. The maximum absolute atomic E-state index is 12.0. The first-order valence-electron chi connectivity index (χ1n) is 7.10. The fourth-order valence-electron chi connectivity index (χ4n) is 2.64. The second kappa shape index (κ2) is 7.04. The van der Waals surface area contributed by atoms with Crippen LogP contribution in [0.4, 0.5) is 0 Å². The number of rotatable bonds is 5. The number of nitrogens with zero attached hydrogens (tertiary/aromatic N) is 1. The highest BCUT2D eigenvalue weighted by atomic mass is 32.2. The standard InChI is InChI=1S/C15H21NO4S/c1-20-15(17)12-21(18,19)16-9-7-14(8-10-16)11-13-5-3-2-4-6-13/h2-6,14H,7-12H2,1H3. The zero-order valence-electron chi connectivity index (χ0n) is 12.2. The summed E-state index contributed by atoms with van der Waals surface area (Å²) in [5.74, 6) is -0.772. The molecular weight excluding hydrogens is 290 g/mol. The van der Waals surface area contributed by atoms with Crippen LogP contribution in [0.2, 0.25) is 0 Å². The molecule has 1 fully saturated rings. The van der Waals surface area contributed by atoms with Crippen LogP contribution >= 0.6 is 0 Å². The third-order valence-electron chi connectivity index (χ3n) is 3.86. The average Bonchev–Trinajstić information content (AvgIpc) is 2.48. The topological polar surface area (TPSA) is 63.7 Å². The van der Waals surface area contributed by atoms with Gasteiger partial charge in [0.25, 0.3) is 0 Å². The lowest BCUT2D eigenvalue weighted by Crippen LogP contribution is -2.41. The van der Waals surface area contributed by atoms with E-state index >= 15 is 0 Å². The summed E-state index contributed by atoms with van der Waals surface area (Å²) in [5.41, 5.74) is 1.29. The van der Waals surface area contributed by atoms with Crippen LogP contribution < -0.4 is 0 Å². The molecule has 1 aliphatic rings. The van der Waals surface area contributed by atoms with Crippen LogP contribution in [0.1, 0.15) is 18.4 Å².